The average Bonchev–Trinajstić information content (AvgIpc) is 2.98. The van der Waals surface area contributed by atoms with Crippen LogP contribution in [0.1, 0.15) is 5.56 Å². The van der Waals surface area contributed by atoms with Crippen molar-refractivity contribution in [3.05, 3.63) is 54.0 Å². The summed E-state index contributed by atoms with van der Waals surface area (Å²) in [5.41, 5.74) is -0.0831. The number of H-pyrrole nitrogens is 1. The second-order valence-corrected chi connectivity index (χ2v) is 6.33. The minimum Gasteiger partial charge on any atom is -0.507 e. The van der Waals surface area contributed by atoms with Crippen LogP contribution < -0.4 is 0 Å². The monoisotopic (exact) mass is 339 g/mol. The minimum absolute atomic E-state index is 0.0831. The molecule has 1 aromatic carbocycles. The van der Waals surface area contributed by atoms with E-state index < -0.39 is 33.2 Å². The van der Waals surface area contributed by atoms with E-state index in [0.29, 0.717) is 6.08 Å². The lowest BCUT2D eigenvalue weighted by Gasteiger charge is -2.01. The summed E-state index contributed by atoms with van der Waals surface area (Å²) in [4.78, 5) is 23.6. The predicted molar refractivity (Wildman–Crippen MR) is 75.9 cm³/mol. The number of carboxylic acid groups (broad SMARTS) is 1. The molecule has 0 radical (unpaired) electrons. The van der Waals surface area contributed by atoms with Gasteiger partial charge in [0.05, 0.1) is 4.90 Å². The molecular formula is C14H10FNO6S. The van der Waals surface area contributed by atoms with Gasteiger partial charge >= 0.3 is 5.97 Å². The molecule has 0 aliphatic rings. The van der Waals surface area contributed by atoms with Crippen molar-refractivity contribution in [3.8, 4) is 0 Å². The Labute approximate surface area is 129 Å². The number of aliphatic hydroxyl groups excluding tert-OH is 1. The first-order chi connectivity index (χ1) is 10.7. The van der Waals surface area contributed by atoms with Gasteiger partial charge in [0, 0.05) is 17.8 Å². The van der Waals surface area contributed by atoms with Gasteiger partial charge in [0.25, 0.3) is 5.78 Å². The van der Waals surface area contributed by atoms with Crippen LogP contribution in [-0.4, -0.2) is 35.4 Å². The number of carbonyl (C=O) groups is 2. The number of benzene rings is 1. The Morgan fingerprint density at radius 1 is 1.13 bits per heavy atom. The summed E-state index contributed by atoms with van der Waals surface area (Å²) in [6.45, 7) is 0. The molecule has 3 N–H and O–H groups in total. The number of carbonyl (C=O) groups excluding carboxylic acids is 1. The molecule has 0 aliphatic heterocycles. The number of aromatic nitrogens is 1. The fourth-order valence-corrected chi connectivity index (χ4v) is 2.93. The molecule has 7 nitrogen and oxygen atoms in total. The fraction of sp³-hybridized carbons (Fsp3) is 0. The number of aromatic amines is 1. The van der Waals surface area contributed by atoms with Gasteiger partial charge in [-0.25, -0.2) is 17.6 Å². The number of halogens is 1. The molecule has 0 amide bonds. The first-order valence-electron chi connectivity index (χ1n) is 6.09. The van der Waals surface area contributed by atoms with Crippen molar-refractivity contribution in [2.24, 2.45) is 0 Å². The Hall–Kier alpha value is -2.94. The highest BCUT2D eigenvalue weighted by Crippen LogP contribution is 2.23. The van der Waals surface area contributed by atoms with Crippen LogP contribution in [0, 0.1) is 5.82 Å². The molecule has 0 unspecified atom stereocenters. The minimum atomic E-state index is -3.98. The van der Waals surface area contributed by atoms with Gasteiger partial charge in [-0.15, -0.1) is 0 Å². The van der Waals surface area contributed by atoms with Crippen molar-refractivity contribution in [2.75, 3.05) is 0 Å². The van der Waals surface area contributed by atoms with Crippen LogP contribution in [0.15, 0.2) is 52.5 Å². The summed E-state index contributed by atoms with van der Waals surface area (Å²) in [7, 11) is -3.98. The third-order valence-corrected chi connectivity index (χ3v) is 4.55. The van der Waals surface area contributed by atoms with Gasteiger partial charge in [-0.1, -0.05) is 0 Å². The molecule has 9 heteroatoms. The van der Waals surface area contributed by atoms with Gasteiger partial charge in [0.2, 0.25) is 9.84 Å². The SMILES string of the molecule is O=C(O)C(=O)C=C(O)c1c[nH]c(S(=O)(=O)c2ccc(F)cc2)c1. The third kappa shape index (κ3) is 3.46. The summed E-state index contributed by atoms with van der Waals surface area (Å²) < 4.78 is 37.4. The predicted octanol–water partition coefficient (Wildman–Crippen LogP) is 1.54. The average molecular weight is 339 g/mol. The number of carboxylic acids is 1. The van der Waals surface area contributed by atoms with Crippen molar-refractivity contribution < 1.29 is 32.6 Å². The molecule has 0 atom stereocenters. The number of hydrogen-bond donors (Lipinski definition) is 3. The summed E-state index contributed by atoms with van der Waals surface area (Å²) in [6, 6.07) is 5.16. The van der Waals surface area contributed by atoms with Crippen molar-refractivity contribution in [1.29, 1.82) is 0 Å². The molecule has 2 rings (SSSR count). The van der Waals surface area contributed by atoms with Gasteiger partial charge in [-0.05, 0) is 30.3 Å². The molecule has 1 aromatic heterocycles. The van der Waals surface area contributed by atoms with Gasteiger partial charge < -0.3 is 15.2 Å². The zero-order valence-corrected chi connectivity index (χ0v) is 12.2. The molecule has 0 bridgehead atoms. The number of aliphatic carboxylic acids is 1. The van der Waals surface area contributed by atoms with E-state index in [0.717, 1.165) is 36.5 Å². The van der Waals surface area contributed by atoms with E-state index in [1.165, 1.54) is 0 Å². The lowest BCUT2D eigenvalue weighted by atomic mass is 10.2. The molecule has 1 heterocycles. The number of hydrogen-bond acceptors (Lipinski definition) is 5. The largest absolute Gasteiger partial charge is 0.507 e. The maximum Gasteiger partial charge on any atom is 0.376 e. The first-order valence-corrected chi connectivity index (χ1v) is 7.57. The Morgan fingerprint density at radius 2 is 1.74 bits per heavy atom. The van der Waals surface area contributed by atoms with Crippen LogP contribution in [0.4, 0.5) is 4.39 Å². The number of rotatable bonds is 5. The highest BCUT2D eigenvalue weighted by Gasteiger charge is 2.21. The topological polar surface area (TPSA) is 125 Å². The Morgan fingerprint density at radius 3 is 2.30 bits per heavy atom. The normalized spacial score (nSPS) is 12.1. The van der Waals surface area contributed by atoms with Crippen LogP contribution in [0.5, 0.6) is 0 Å². The molecule has 0 saturated carbocycles. The van der Waals surface area contributed by atoms with E-state index in [1.807, 2.05) is 0 Å². The first kappa shape index (κ1) is 16.4. The number of aliphatic hydroxyl groups is 1. The van der Waals surface area contributed by atoms with Crippen LogP contribution in [-0.2, 0) is 19.4 Å². The van der Waals surface area contributed by atoms with Crippen LogP contribution >= 0.6 is 0 Å². The van der Waals surface area contributed by atoms with Crippen molar-refractivity contribution in [3.63, 3.8) is 0 Å². The fourth-order valence-electron chi connectivity index (χ4n) is 1.69. The van der Waals surface area contributed by atoms with Crippen LogP contribution in [0.2, 0.25) is 0 Å². The van der Waals surface area contributed by atoms with E-state index in [9.17, 15) is 27.5 Å². The lowest BCUT2D eigenvalue weighted by molar-refractivity contribution is -0.146. The Kier molecular flexibility index (Phi) is 4.32. The van der Waals surface area contributed by atoms with Gasteiger partial charge in [-0.2, -0.15) is 0 Å². The highest BCUT2D eigenvalue weighted by atomic mass is 32.2. The number of ketones is 1. The second-order valence-electron chi connectivity index (χ2n) is 4.41. The molecular weight excluding hydrogens is 329 g/mol. The number of sulfone groups is 1. The van der Waals surface area contributed by atoms with Crippen molar-refractivity contribution >= 4 is 27.3 Å². The highest BCUT2D eigenvalue weighted by molar-refractivity contribution is 7.91. The standard InChI is InChI=1S/C14H10FNO6S/c15-9-1-3-10(4-2-9)23(21,22)13-5-8(7-16-13)11(17)6-12(18)14(19)20/h1-7,16-17H,(H,19,20). The number of nitrogens with one attached hydrogen (secondary N) is 1. The zero-order chi connectivity index (χ0) is 17.2. The van der Waals surface area contributed by atoms with Gasteiger partial charge in [0.15, 0.2) is 0 Å². The zero-order valence-electron chi connectivity index (χ0n) is 11.4. The van der Waals surface area contributed by atoms with E-state index in [4.69, 9.17) is 5.11 Å². The summed E-state index contributed by atoms with van der Waals surface area (Å²) in [6.07, 6.45) is 1.55. The smallest absolute Gasteiger partial charge is 0.376 e. The van der Waals surface area contributed by atoms with Crippen molar-refractivity contribution in [1.82, 2.24) is 4.98 Å². The summed E-state index contributed by atoms with van der Waals surface area (Å²) in [5, 5.41) is 17.8. The molecule has 0 spiro atoms. The van der Waals surface area contributed by atoms with E-state index in [1.54, 1.807) is 0 Å². The maximum atomic E-state index is 12.9. The van der Waals surface area contributed by atoms with E-state index in [-0.39, 0.29) is 15.5 Å². The van der Waals surface area contributed by atoms with E-state index >= 15 is 0 Å². The van der Waals surface area contributed by atoms with Crippen molar-refractivity contribution in [2.45, 2.75) is 9.92 Å². The Balaban J connectivity index is 2.37. The lowest BCUT2D eigenvalue weighted by Crippen LogP contribution is -2.09. The summed E-state index contributed by atoms with van der Waals surface area (Å²) >= 11 is 0. The molecule has 120 valence electrons. The molecule has 0 saturated heterocycles. The van der Waals surface area contributed by atoms with Gasteiger partial charge in [0.1, 0.15) is 16.6 Å². The van der Waals surface area contributed by atoms with Crippen LogP contribution in [0.25, 0.3) is 5.76 Å². The molecule has 0 fully saturated rings. The molecule has 23 heavy (non-hydrogen) atoms. The Bertz CT molecular complexity index is 896. The molecule has 2 aromatic rings. The maximum absolute atomic E-state index is 12.9. The van der Waals surface area contributed by atoms with Crippen LogP contribution in [0.3, 0.4) is 0 Å². The quantitative estimate of drug-likeness (QED) is 0.328. The van der Waals surface area contributed by atoms with Gasteiger partial charge in [-0.3, -0.25) is 4.79 Å². The third-order valence-electron chi connectivity index (χ3n) is 2.84. The van der Waals surface area contributed by atoms with E-state index in [2.05, 4.69) is 4.98 Å². The molecule has 0 aliphatic carbocycles. The second kappa shape index (κ2) is 6.05. The summed E-state index contributed by atoms with van der Waals surface area (Å²) in [5.74, 6) is -4.41.